The third-order valence-electron chi connectivity index (χ3n) is 4.67. The molecule has 1 aliphatic heterocycles. The van der Waals surface area contributed by atoms with Crippen molar-refractivity contribution in [1.82, 2.24) is 9.55 Å². The Kier molecular flexibility index (Phi) is 5.00. The summed E-state index contributed by atoms with van der Waals surface area (Å²) < 4.78 is 13.3. The first-order chi connectivity index (χ1) is 13.6. The van der Waals surface area contributed by atoms with Gasteiger partial charge in [0, 0.05) is 28.5 Å². The molecule has 0 saturated heterocycles. The lowest BCUT2D eigenvalue weighted by molar-refractivity contribution is 0.102. The van der Waals surface area contributed by atoms with E-state index in [2.05, 4.69) is 10.3 Å². The number of hydrogen-bond donors (Lipinski definition) is 1. The topological polar surface area (TPSA) is 65.4 Å². The van der Waals surface area contributed by atoms with Crippen molar-refractivity contribution in [1.29, 1.82) is 0 Å². The van der Waals surface area contributed by atoms with E-state index in [1.54, 1.807) is 18.0 Å². The first-order valence-electron chi connectivity index (χ1n) is 8.98. The van der Waals surface area contributed by atoms with Gasteiger partial charge in [0.05, 0.1) is 11.3 Å². The van der Waals surface area contributed by atoms with E-state index in [0.29, 0.717) is 36.0 Å². The number of benzene rings is 1. The number of carbonyl (C=O) groups is 1. The van der Waals surface area contributed by atoms with Gasteiger partial charge in [-0.3, -0.25) is 4.79 Å². The zero-order valence-electron chi connectivity index (χ0n) is 16.0. The summed E-state index contributed by atoms with van der Waals surface area (Å²) in [6.45, 7) is 4.93. The van der Waals surface area contributed by atoms with Crippen LogP contribution in [0.5, 0.6) is 11.5 Å². The molecular formula is C21H21N3O3S. The first-order valence-corrected chi connectivity index (χ1v) is 10.2. The number of amides is 1. The second-order valence-electron chi connectivity index (χ2n) is 6.46. The number of pyridine rings is 1. The third-order valence-corrected chi connectivity index (χ3v) is 5.44. The predicted octanol–water partition coefficient (Wildman–Crippen LogP) is 4.23. The van der Waals surface area contributed by atoms with Gasteiger partial charge in [0.15, 0.2) is 11.5 Å². The fourth-order valence-electron chi connectivity index (χ4n) is 3.36. The second-order valence-corrected chi connectivity index (χ2v) is 7.31. The summed E-state index contributed by atoms with van der Waals surface area (Å²) in [5, 5.41) is 3.03. The molecule has 28 heavy (non-hydrogen) atoms. The highest BCUT2D eigenvalue weighted by molar-refractivity contribution is 7.98. The van der Waals surface area contributed by atoms with Gasteiger partial charge in [-0.15, -0.1) is 11.8 Å². The van der Waals surface area contributed by atoms with Gasteiger partial charge in [-0.25, -0.2) is 4.98 Å². The number of nitrogens with zero attached hydrogens (tertiary/aromatic N) is 2. The fourth-order valence-corrected chi connectivity index (χ4v) is 3.91. The third kappa shape index (κ3) is 3.33. The van der Waals surface area contributed by atoms with Crippen LogP contribution in [0.4, 0.5) is 5.69 Å². The average Bonchev–Trinajstić information content (AvgIpc) is 3.02. The van der Waals surface area contributed by atoms with Gasteiger partial charge in [0.25, 0.3) is 5.91 Å². The molecule has 1 aromatic carbocycles. The van der Waals surface area contributed by atoms with Crippen LogP contribution in [0.2, 0.25) is 0 Å². The number of anilines is 1. The van der Waals surface area contributed by atoms with E-state index >= 15 is 0 Å². The zero-order chi connectivity index (χ0) is 19.7. The molecule has 144 valence electrons. The van der Waals surface area contributed by atoms with Crippen LogP contribution in [0.25, 0.3) is 5.82 Å². The maximum Gasteiger partial charge on any atom is 0.257 e. The Morgan fingerprint density at radius 2 is 1.89 bits per heavy atom. The normalized spacial score (nSPS) is 12.7. The lowest BCUT2D eigenvalue weighted by atomic mass is 10.2. The number of hydrogen-bond acceptors (Lipinski definition) is 5. The van der Waals surface area contributed by atoms with E-state index in [-0.39, 0.29) is 5.91 Å². The Balaban J connectivity index is 1.66. The minimum Gasteiger partial charge on any atom is -0.486 e. The highest BCUT2D eigenvalue weighted by atomic mass is 32.2. The summed E-state index contributed by atoms with van der Waals surface area (Å²) in [7, 11) is 0. The molecular weight excluding hydrogens is 374 g/mol. The van der Waals surface area contributed by atoms with Gasteiger partial charge in [0.1, 0.15) is 19.0 Å². The maximum absolute atomic E-state index is 13.0. The summed E-state index contributed by atoms with van der Waals surface area (Å²) in [4.78, 5) is 18.4. The van der Waals surface area contributed by atoms with E-state index in [0.717, 1.165) is 22.1 Å². The van der Waals surface area contributed by atoms with Crippen LogP contribution in [0.15, 0.2) is 47.5 Å². The van der Waals surface area contributed by atoms with Crippen LogP contribution in [0.3, 0.4) is 0 Å². The highest BCUT2D eigenvalue weighted by Crippen LogP contribution is 2.39. The highest BCUT2D eigenvalue weighted by Gasteiger charge is 2.20. The molecule has 7 heteroatoms. The number of fused-ring (bicyclic) bond motifs is 1. The van der Waals surface area contributed by atoms with Gasteiger partial charge in [0.2, 0.25) is 0 Å². The molecule has 3 heterocycles. The Bertz CT molecular complexity index is 1030. The molecule has 0 spiro atoms. The van der Waals surface area contributed by atoms with Crippen LogP contribution >= 0.6 is 11.8 Å². The summed E-state index contributed by atoms with van der Waals surface area (Å²) in [5.74, 6) is 1.99. The second kappa shape index (κ2) is 7.59. The van der Waals surface area contributed by atoms with Gasteiger partial charge in [-0.05, 0) is 44.4 Å². The molecule has 2 aromatic heterocycles. The largest absolute Gasteiger partial charge is 0.486 e. The number of rotatable bonds is 4. The summed E-state index contributed by atoms with van der Waals surface area (Å²) in [6, 6.07) is 11.4. The maximum atomic E-state index is 13.0. The van der Waals surface area contributed by atoms with E-state index < -0.39 is 0 Å². The molecule has 3 aromatic rings. The smallest absolute Gasteiger partial charge is 0.257 e. The number of ether oxygens (including phenoxy) is 2. The molecule has 1 N–H and O–H groups in total. The standard InChI is InChI=1S/C21H21N3O3S/c1-13-10-15(14(2)24(13)20-6-4-5-7-22-20)21(25)23-16-11-17-18(12-19(16)28-3)27-9-8-26-17/h4-7,10-12H,8-9H2,1-3H3,(H,23,25). The SMILES string of the molecule is CSc1cc2c(cc1NC(=O)c1cc(C)n(-c3ccccn3)c1C)OCCO2. The Labute approximate surface area is 167 Å². The number of thioether (sulfide) groups is 1. The van der Waals surface area contributed by atoms with Crippen molar-refractivity contribution >= 4 is 23.4 Å². The number of aromatic nitrogens is 2. The first kappa shape index (κ1) is 18.4. The summed E-state index contributed by atoms with van der Waals surface area (Å²) in [5.41, 5.74) is 3.13. The number of nitrogens with one attached hydrogen (secondary N) is 1. The van der Waals surface area contributed by atoms with Crippen LogP contribution in [0.1, 0.15) is 21.7 Å². The molecule has 0 atom stereocenters. The predicted molar refractivity (Wildman–Crippen MR) is 110 cm³/mol. The number of carbonyl (C=O) groups excluding carboxylic acids is 1. The molecule has 6 nitrogen and oxygen atoms in total. The molecule has 0 fully saturated rings. The van der Waals surface area contributed by atoms with E-state index in [9.17, 15) is 4.79 Å². The zero-order valence-corrected chi connectivity index (χ0v) is 16.8. The van der Waals surface area contributed by atoms with E-state index in [1.165, 1.54) is 0 Å². The average molecular weight is 395 g/mol. The molecule has 4 rings (SSSR count). The molecule has 0 aliphatic carbocycles. The lowest BCUT2D eigenvalue weighted by Crippen LogP contribution is -2.17. The van der Waals surface area contributed by atoms with E-state index in [1.807, 2.05) is 61.1 Å². The van der Waals surface area contributed by atoms with Crippen molar-refractivity contribution in [3.05, 3.63) is 59.5 Å². The molecule has 0 bridgehead atoms. The number of aryl methyl sites for hydroxylation is 1. The monoisotopic (exact) mass is 395 g/mol. The van der Waals surface area contributed by atoms with Crippen LogP contribution in [-0.2, 0) is 0 Å². The summed E-state index contributed by atoms with van der Waals surface area (Å²) in [6.07, 6.45) is 3.71. The van der Waals surface area contributed by atoms with E-state index in [4.69, 9.17) is 9.47 Å². The molecule has 1 amide bonds. The lowest BCUT2D eigenvalue weighted by Gasteiger charge is -2.21. The van der Waals surface area contributed by atoms with Crippen LogP contribution in [0, 0.1) is 13.8 Å². The van der Waals surface area contributed by atoms with Crippen molar-refractivity contribution < 1.29 is 14.3 Å². The Hall–Kier alpha value is -2.93. The fraction of sp³-hybridized carbons (Fsp3) is 0.238. The molecule has 0 unspecified atom stereocenters. The van der Waals surface area contributed by atoms with Crippen LogP contribution < -0.4 is 14.8 Å². The Morgan fingerprint density at radius 1 is 1.14 bits per heavy atom. The van der Waals surface area contributed by atoms with Crippen molar-refractivity contribution in [3.8, 4) is 17.3 Å². The van der Waals surface area contributed by atoms with Gasteiger partial charge in [-0.1, -0.05) is 6.07 Å². The Morgan fingerprint density at radius 3 is 2.57 bits per heavy atom. The van der Waals surface area contributed by atoms with Gasteiger partial charge in [-0.2, -0.15) is 0 Å². The summed E-state index contributed by atoms with van der Waals surface area (Å²) >= 11 is 1.55. The minimum absolute atomic E-state index is 0.165. The van der Waals surface area contributed by atoms with Gasteiger partial charge >= 0.3 is 0 Å². The van der Waals surface area contributed by atoms with Crippen molar-refractivity contribution in [3.63, 3.8) is 0 Å². The quantitative estimate of drug-likeness (QED) is 0.670. The van der Waals surface area contributed by atoms with Crippen LogP contribution in [-0.4, -0.2) is 34.9 Å². The van der Waals surface area contributed by atoms with Crippen molar-refractivity contribution in [2.75, 3.05) is 24.8 Å². The minimum atomic E-state index is -0.165. The van der Waals surface area contributed by atoms with Crippen molar-refractivity contribution in [2.24, 2.45) is 0 Å². The van der Waals surface area contributed by atoms with Crippen molar-refractivity contribution in [2.45, 2.75) is 18.7 Å². The molecule has 1 aliphatic rings. The molecule has 0 radical (unpaired) electrons. The van der Waals surface area contributed by atoms with Gasteiger partial charge < -0.3 is 19.4 Å². The molecule has 0 saturated carbocycles.